The van der Waals surface area contributed by atoms with Gasteiger partial charge in [-0.15, -0.1) is 5.10 Å². The number of carbonyl (C=O) groups excluding carboxylic acids is 1. The van der Waals surface area contributed by atoms with Crippen LogP contribution in [0, 0.1) is 0 Å². The van der Waals surface area contributed by atoms with E-state index < -0.39 is 0 Å². The van der Waals surface area contributed by atoms with Crippen LogP contribution in [-0.2, 0) is 13.6 Å². The van der Waals surface area contributed by atoms with Crippen LogP contribution in [0.25, 0.3) is 0 Å². The van der Waals surface area contributed by atoms with Crippen LogP contribution >= 0.6 is 0 Å². The maximum atomic E-state index is 12.1. The van der Waals surface area contributed by atoms with Crippen molar-refractivity contribution in [3.63, 3.8) is 0 Å². The summed E-state index contributed by atoms with van der Waals surface area (Å²) in [5, 5.41) is 6.88. The Bertz CT molecular complexity index is 681. The summed E-state index contributed by atoms with van der Waals surface area (Å²) in [6.45, 7) is 0.617. The average molecular weight is 289 g/mol. The molecule has 2 heterocycles. The summed E-state index contributed by atoms with van der Waals surface area (Å²) in [6.07, 6.45) is 1.62. The second-order valence-corrected chi connectivity index (χ2v) is 4.60. The Morgan fingerprint density at radius 1 is 1.43 bits per heavy atom. The lowest BCUT2D eigenvalue weighted by Crippen LogP contribution is -2.22. The molecular weight excluding hydrogens is 274 g/mol. The van der Waals surface area contributed by atoms with E-state index in [4.69, 9.17) is 14.2 Å². The lowest BCUT2D eigenvalue weighted by atomic mass is 10.2. The van der Waals surface area contributed by atoms with E-state index in [9.17, 15) is 4.79 Å². The molecule has 0 bridgehead atoms. The van der Waals surface area contributed by atoms with Gasteiger partial charge >= 0.3 is 0 Å². The van der Waals surface area contributed by atoms with Gasteiger partial charge in [0.25, 0.3) is 5.91 Å². The van der Waals surface area contributed by atoms with E-state index >= 15 is 0 Å². The van der Waals surface area contributed by atoms with Crippen LogP contribution in [0.2, 0.25) is 0 Å². The second-order valence-electron chi connectivity index (χ2n) is 4.60. The standard InChI is InChI=1S/C14H15N3O4/c1-17-7-10(14(16-17)19-2)13(18)15-6-9-3-4-11-12(5-9)21-8-20-11/h3-5,7H,6,8H2,1-2H3,(H,15,18). The number of aromatic nitrogens is 2. The molecule has 0 fully saturated rings. The predicted molar refractivity (Wildman–Crippen MR) is 73.5 cm³/mol. The molecule has 3 rings (SSSR count). The summed E-state index contributed by atoms with van der Waals surface area (Å²) < 4.78 is 17.2. The molecule has 0 unspecified atom stereocenters. The predicted octanol–water partition coefficient (Wildman–Crippen LogP) is 1.09. The zero-order valence-corrected chi connectivity index (χ0v) is 11.8. The molecule has 1 aromatic carbocycles. The Morgan fingerprint density at radius 2 is 2.24 bits per heavy atom. The third-order valence-corrected chi connectivity index (χ3v) is 3.12. The normalized spacial score (nSPS) is 12.3. The SMILES string of the molecule is COc1nn(C)cc1C(=O)NCc1ccc2c(c1)OCO2. The first-order valence-electron chi connectivity index (χ1n) is 6.41. The molecule has 0 saturated heterocycles. The Balaban J connectivity index is 1.68. The summed E-state index contributed by atoms with van der Waals surface area (Å²) in [5.41, 5.74) is 1.33. The fourth-order valence-electron chi connectivity index (χ4n) is 2.10. The van der Waals surface area contributed by atoms with Crippen LogP contribution < -0.4 is 19.5 Å². The highest BCUT2D eigenvalue weighted by Crippen LogP contribution is 2.32. The maximum Gasteiger partial charge on any atom is 0.258 e. The van der Waals surface area contributed by atoms with Crippen LogP contribution in [0.3, 0.4) is 0 Å². The third-order valence-electron chi connectivity index (χ3n) is 3.12. The molecule has 7 nitrogen and oxygen atoms in total. The molecule has 0 radical (unpaired) electrons. The zero-order valence-electron chi connectivity index (χ0n) is 11.8. The number of hydrogen-bond donors (Lipinski definition) is 1. The maximum absolute atomic E-state index is 12.1. The number of fused-ring (bicyclic) bond motifs is 1. The number of hydrogen-bond acceptors (Lipinski definition) is 5. The Hall–Kier alpha value is -2.70. The Kier molecular flexibility index (Phi) is 3.39. The van der Waals surface area contributed by atoms with Crippen LogP contribution in [0.5, 0.6) is 17.4 Å². The van der Waals surface area contributed by atoms with Crippen molar-refractivity contribution in [1.29, 1.82) is 0 Å². The fourth-order valence-corrected chi connectivity index (χ4v) is 2.10. The van der Waals surface area contributed by atoms with Crippen molar-refractivity contribution in [3.05, 3.63) is 35.5 Å². The number of amides is 1. The van der Waals surface area contributed by atoms with E-state index in [-0.39, 0.29) is 12.7 Å². The highest BCUT2D eigenvalue weighted by Gasteiger charge is 2.17. The van der Waals surface area contributed by atoms with E-state index in [0.29, 0.717) is 23.7 Å². The molecule has 1 aliphatic rings. The van der Waals surface area contributed by atoms with Gasteiger partial charge in [0.1, 0.15) is 5.56 Å². The topological polar surface area (TPSA) is 74.6 Å². The average Bonchev–Trinajstić information content (AvgIpc) is 3.09. The van der Waals surface area contributed by atoms with E-state index in [1.807, 2.05) is 18.2 Å². The minimum atomic E-state index is -0.238. The molecular formula is C14H15N3O4. The van der Waals surface area contributed by atoms with Crippen LogP contribution in [0.1, 0.15) is 15.9 Å². The zero-order chi connectivity index (χ0) is 14.8. The molecule has 2 aromatic rings. The van der Waals surface area contributed by atoms with Gasteiger partial charge < -0.3 is 19.5 Å². The quantitative estimate of drug-likeness (QED) is 0.912. The molecule has 0 aliphatic carbocycles. The van der Waals surface area contributed by atoms with Gasteiger partial charge in [-0.1, -0.05) is 6.07 Å². The summed E-state index contributed by atoms with van der Waals surface area (Å²) in [4.78, 5) is 12.1. The number of methoxy groups -OCH3 is 1. The van der Waals surface area contributed by atoms with Crippen molar-refractivity contribution < 1.29 is 19.0 Å². The molecule has 1 amide bonds. The lowest BCUT2D eigenvalue weighted by molar-refractivity contribution is 0.0947. The molecule has 110 valence electrons. The van der Waals surface area contributed by atoms with Crippen LogP contribution in [-0.4, -0.2) is 29.6 Å². The van der Waals surface area contributed by atoms with E-state index in [1.165, 1.54) is 11.8 Å². The van der Waals surface area contributed by atoms with Gasteiger partial charge in [0.15, 0.2) is 11.5 Å². The van der Waals surface area contributed by atoms with Crippen LogP contribution in [0.4, 0.5) is 0 Å². The molecule has 1 N–H and O–H groups in total. The first kappa shape index (κ1) is 13.3. The largest absolute Gasteiger partial charge is 0.479 e. The van der Waals surface area contributed by atoms with Gasteiger partial charge in [-0.2, -0.15) is 0 Å². The van der Waals surface area contributed by atoms with E-state index in [0.717, 1.165) is 11.3 Å². The Morgan fingerprint density at radius 3 is 3.05 bits per heavy atom. The van der Waals surface area contributed by atoms with Crippen molar-refractivity contribution in [2.24, 2.45) is 7.05 Å². The van der Waals surface area contributed by atoms with Gasteiger partial charge in [-0.3, -0.25) is 9.48 Å². The molecule has 0 saturated carbocycles. The van der Waals surface area contributed by atoms with Crippen LogP contribution in [0.15, 0.2) is 24.4 Å². The van der Waals surface area contributed by atoms with E-state index in [1.54, 1.807) is 13.2 Å². The summed E-state index contributed by atoms with van der Waals surface area (Å²) in [7, 11) is 3.22. The number of benzene rings is 1. The third kappa shape index (κ3) is 2.62. The van der Waals surface area contributed by atoms with Gasteiger partial charge in [0, 0.05) is 19.8 Å². The Labute approximate surface area is 121 Å². The number of nitrogens with one attached hydrogen (secondary N) is 1. The first-order valence-corrected chi connectivity index (χ1v) is 6.41. The monoisotopic (exact) mass is 289 g/mol. The van der Waals surface area contributed by atoms with Crippen molar-refractivity contribution in [1.82, 2.24) is 15.1 Å². The summed E-state index contributed by atoms with van der Waals surface area (Å²) in [5.74, 6) is 1.48. The molecule has 7 heteroatoms. The first-order chi connectivity index (χ1) is 10.2. The van der Waals surface area contributed by atoms with E-state index in [2.05, 4.69) is 10.4 Å². The highest BCUT2D eigenvalue weighted by atomic mass is 16.7. The van der Waals surface area contributed by atoms with Crippen molar-refractivity contribution in [3.8, 4) is 17.4 Å². The smallest absolute Gasteiger partial charge is 0.258 e. The molecule has 21 heavy (non-hydrogen) atoms. The van der Waals surface area contributed by atoms with Crippen molar-refractivity contribution in [2.75, 3.05) is 13.9 Å². The number of carbonyl (C=O) groups is 1. The summed E-state index contributed by atoms with van der Waals surface area (Å²) >= 11 is 0. The van der Waals surface area contributed by atoms with Gasteiger partial charge in [0.2, 0.25) is 12.7 Å². The van der Waals surface area contributed by atoms with Crippen molar-refractivity contribution >= 4 is 5.91 Å². The van der Waals surface area contributed by atoms with Crippen molar-refractivity contribution in [2.45, 2.75) is 6.54 Å². The molecule has 1 aromatic heterocycles. The number of ether oxygens (including phenoxy) is 3. The molecule has 0 spiro atoms. The molecule has 1 aliphatic heterocycles. The highest BCUT2D eigenvalue weighted by molar-refractivity contribution is 5.96. The van der Waals surface area contributed by atoms with Gasteiger partial charge in [0.05, 0.1) is 7.11 Å². The van der Waals surface area contributed by atoms with Gasteiger partial charge in [-0.05, 0) is 17.7 Å². The number of aryl methyl sites for hydroxylation is 1. The fraction of sp³-hybridized carbons (Fsp3) is 0.286. The lowest BCUT2D eigenvalue weighted by Gasteiger charge is -2.06. The van der Waals surface area contributed by atoms with Gasteiger partial charge in [-0.25, -0.2) is 0 Å². The minimum absolute atomic E-state index is 0.234. The molecule has 0 atom stereocenters. The minimum Gasteiger partial charge on any atom is -0.479 e. The summed E-state index contributed by atoms with van der Waals surface area (Å²) in [6, 6.07) is 5.56. The number of nitrogens with zero attached hydrogens (tertiary/aromatic N) is 2. The number of rotatable bonds is 4. The second kappa shape index (κ2) is 5.35.